The van der Waals surface area contributed by atoms with Crippen LogP contribution in [-0.2, 0) is 6.42 Å². The van der Waals surface area contributed by atoms with E-state index in [2.05, 4.69) is 62.4 Å². The zero-order valence-corrected chi connectivity index (χ0v) is 10.0. The van der Waals surface area contributed by atoms with Gasteiger partial charge in [0.15, 0.2) is 0 Å². The third kappa shape index (κ3) is 2.16. The first-order valence-corrected chi connectivity index (χ1v) is 5.94. The van der Waals surface area contributed by atoms with Crippen LogP contribution in [0.3, 0.4) is 0 Å². The van der Waals surface area contributed by atoms with E-state index in [0.29, 0.717) is 0 Å². The summed E-state index contributed by atoms with van der Waals surface area (Å²) in [4.78, 5) is 0. The SMILES string of the molecule is CCc1ccccc1C(C)=C1C=CC=CC1. The lowest BCUT2D eigenvalue weighted by atomic mass is 9.93. The van der Waals surface area contributed by atoms with E-state index in [1.807, 2.05) is 0 Å². The van der Waals surface area contributed by atoms with Gasteiger partial charge in [0.1, 0.15) is 0 Å². The molecule has 0 amide bonds. The summed E-state index contributed by atoms with van der Waals surface area (Å²) in [5.41, 5.74) is 5.69. The van der Waals surface area contributed by atoms with Crippen LogP contribution in [-0.4, -0.2) is 0 Å². The van der Waals surface area contributed by atoms with E-state index in [9.17, 15) is 0 Å². The van der Waals surface area contributed by atoms with Gasteiger partial charge in [0.05, 0.1) is 0 Å². The van der Waals surface area contributed by atoms with Crippen LogP contribution in [0.15, 0.2) is 54.1 Å². The van der Waals surface area contributed by atoms with Gasteiger partial charge in [0.25, 0.3) is 0 Å². The minimum atomic E-state index is 1.06. The van der Waals surface area contributed by atoms with E-state index < -0.39 is 0 Å². The molecule has 0 heteroatoms. The quantitative estimate of drug-likeness (QED) is 0.672. The van der Waals surface area contributed by atoms with Crippen LogP contribution >= 0.6 is 0 Å². The summed E-state index contributed by atoms with van der Waals surface area (Å²) in [6.45, 7) is 4.45. The number of rotatable bonds is 2. The molecule has 1 aromatic carbocycles. The largest absolute Gasteiger partial charge is 0.0801 e. The predicted octanol–water partition coefficient (Wildman–Crippen LogP) is 4.54. The van der Waals surface area contributed by atoms with Crippen molar-refractivity contribution in [3.8, 4) is 0 Å². The van der Waals surface area contributed by atoms with E-state index in [0.717, 1.165) is 12.8 Å². The van der Waals surface area contributed by atoms with E-state index in [-0.39, 0.29) is 0 Å². The van der Waals surface area contributed by atoms with Crippen LogP contribution in [0.2, 0.25) is 0 Å². The molecule has 0 saturated carbocycles. The maximum atomic E-state index is 2.23. The van der Waals surface area contributed by atoms with Crippen LogP contribution in [0.25, 0.3) is 5.57 Å². The van der Waals surface area contributed by atoms with Gasteiger partial charge in [0, 0.05) is 0 Å². The normalized spacial score (nSPS) is 17.6. The highest BCUT2D eigenvalue weighted by Gasteiger charge is 2.06. The molecule has 1 aromatic rings. The van der Waals surface area contributed by atoms with Crippen molar-refractivity contribution in [2.75, 3.05) is 0 Å². The third-order valence-electron chi connectivity index (χ3n) is 3.17. The number of hydrogen-bond acceptors (Lipinski definition) is 0. The minimum Gasteiger partial charge on any atom is -0.0801 e. The van der Waals surface area contributed by atoms with Crippen LogP contribution in [0.1, 0.15) is 31.4 Å². The molecule has 16 heavy (non-hydrogen) atoms. The number of aryl methyl sites for hydroxylation is 1. The Balaban J connectivity index is 2.44. The first-order valence-electron chi connectivity index (χ1n) is 5.94. The Morgan fingerprint density at radius 2 is 2.00 bits per heavy atom. The molecule has 0 spiro atoms. The molecule has 2 rings (SSSR count). The topological polar surface area (TPSA) is 0 Å². The van der Waals surface area contributed by atoms with Gasteiger partial charge in [-0.3, -0.25) is 0 Å². The summed E-state index contributed by atoms with van der Waals surface area (Å²) >= 11 is 0. The first kappa shape index (κ1) is 10.9. The molecular formula is C16H18. The molecule has 0 saturated heterocycles. The molecule has 0 nitrogen and oxygen atoms in total. The molecule has 0 heterocycles. The molecule has 1 aliphatic carbocycles. The lowest BCUT2D eigenvalue weighted by molar-refractivity contribution is 1.12. The molecule has 0 fully saturated rings. The molecule has 82 valence electrons. The second-order valence-electron chi connectivity index (χ2n) is 4.15. The van der Waals surface area contributed by atoms with Gasteiger partial charge in [-0.1, -0.05) is 55.5 Å². The Hall–Kier alpha value is -1.56. The van der Waals surface area contributed by atoms with Crippen LogP contribution in [0, 0.1) is 0 Å². The zero-order valence-electron chi connectivity index (χ0n) is 10.0. The van der Waals surface area contributed by atoms with Gasteiger partial charge in [-0.05, 0) is 42.0 Å². The van der Waals surface area contributed by atoms with Crippen molar-refractivity contribution >= 4 is 5.57 Å². The van der Waals surface area contributed by atoms with Crippen molar-refractivity contribution in [1.29, 1.82) is 0 Å². The third-order valence-corrected chi connectivity index (χ3v) is 3.17. The summed E-state index contributed by atoms with van der Waals surface area (Å²) in [6, 6.07) is 8.70. The van der Waals surface area contributed by atoms with Crippen molar-refractivity contribution < 1.29 is 0 Å². The van der Waals surface area contributed by atoms with Crippen molar-refractivity contribution in [2.45, 2.75) is 26.7 Å². The van der Waals surface area contributed by atoms with Gasteiger partial charge < -0.3 is 0 Å². The van der Waals surface area contributed by atoms with Crippen LogP contribution < -0.4 is 0 Å². The molecule has 0 bridgehead atoms. The van der Waals surface area contributed by atoms with Gasteiger partial charge >= 0.3 is 0 Å². The lowest BCUT2D eigenvalue weighted by Gasteiger charge is -2.12. The Kier molecular flexibility index (Phi) is 3.40. The highest BCUT2D eigenvalue weighted by molar-refractivity contribution is 5.72. The molecule has 0 radical (unpaired) electrons. The molecule has 0 aliphatic heterocycles. The molecule has 0 N–H and O–H groups in total. The van der Waals surface area contributed by atoms with Crippen LogP contribution in [0.4, 0.5) is 0 Å². The maximum Gasteiger partial charge on any atom is -0.00915 e. The van der Waals surface area contributed by atoms with Crippen molar-refractivity contribution in [3.63, 3.8) is 0 Å². The van der Waals surface area contributed by atoms with Gasteiger partial charge in [0.2, 0.25) is 0 Å². The monoisotopic (exact) mass is 210 g/mol. The standard InChI is InChI=1S/C16H18/c1-3-14-9-7-8-12-16(14)13(2)15-10-5-4-6-11-15/h4-10,12H,3,11H2,1-2H3. The number of hydrogen-bond donors (Lipinski definition) is 0. The summed E-state index contributed by atoms with van der Waals surface area (Å²) in [5.74, 6) is 0. The van der Waals surface area contributed by atoms with E-state index in [1.165, 1.54) is 22.3 Å². The van der Waals surface area contributed by atoms with Gasteiger partial charge in [-0.2, -0.15) is 0 Å². The zero-order chi connectivity index (χ0) is 11.4. The van der Waals surface area contributed by atoms with Gasteiger partial charge in [-0.25, -0.2) is 0 Å². The summed E-state index contributed by atoms with van der Waals surface area (Å²) in [6.07, 6.45) is 10.8. The average Bonchev–Trinajstić information content (AvgIpc) is 2.39. The van der Waals surface area contributed by atoms with E-state index in [4.69, 9.17) is 0 Å². The summed E-state index contributed by atoms with van der Waals surface area (Å²) < 4.78 is 0. The van der Waals surface area contributed by atoms with Crippen molar-refractivity contribution in [1.82, 2.24) is 0 Å². The Labute approximate surface area is 98.0 Å². The fourth-order valence-electron chi connectivity index (χ4n) is 2.16. The molecule has 0 atom stereocenters. The Morgan fingerprint density at radius 3 is 2.69 bits per heavy atom. The van der Waals surface area contributed by atoms with Crippen LogP contribution in [0.5, 0.6) is 0 Å². The average molecular weight is 210 g/mol. The molecule has 0 aromatic heterocycles. The molecular weight excluding hydrogens is 192 g/mol. The first-order chi connectivity index (χ1) is 7.83. The Bertz CT molecular complexity index is 459. The molecule has 0 unspecified atom stereocenters. The van der Waals surface area contributed by atoms with E-state index in [1.54, 1.807) is 0 Å². The van der Waals surface area contributed by atoms with Crippen molar-refractivity contribution in [2.24, 2.45) is 0 Å². The highest BCUT2D eigenvalue weighted by Crippen LogP contribution is 2.26. The van der Waals surface area contributed by atoms with Crippen molar-refractivity contribution in [3.05, 3.63) is 65.3 Å². The summed E-state index contributed by atoms with van der Waals surface area (Å²) in [7, 11) is 0. The fraction of sp³-hybridized carbons (Fsp3) is 0.250. The predicted molar refractivity (Wildman–Crippen MR) is 71.3 cm³/mol. The van der Waals surface area contributed by atoms with E-state index >= 15 is 0 Å². The van der Waals surface area contributed by atoms with Gasteiger partial charge in [-0.15, -0.1) is 0 Å². The smallest absolute Gasteiger partial charge is 0.00915 e. The lowest BCUT2D eigenvalue weighted by Crippen LogP contribution is -1.93. The summed E-state index contributed by atoms with van der Waals surface area (Å²) in [5, 5.41) is 0. The number of allylic oxidation sites excluding steroid dienone is 6. The second kappa shape index (κ2) is 4.98. The number of benzene rings is 1. The molecule has 1 aliphatic rings. The highest BCUT2D eigenvalue weighted by atomic mass is 14.1. The maximum absolute atomic E-state index is 2.23. The second-order valence-corrected chi connectivity index (χ2v) is 4.15. The Morgan fingerprint density at radius 1 is 1.19 bits per heavy atom. The fourth-order valence-corrected chi connectivity index (χ4v) is 2.16. The minimum absolute atomic E-state index is 1.06.